The Hall–Kier alpha value is -3.02. The minimum atomic E-state index is 0.344. The molecule has 6 heteroatoms. The molecular formula is C14H10N4O2. The van der Waals surface area contributed by atoms with Crippen LogP contribution in [0.3, 0.4) is 0 Å². The molecule has 0 aliphatic rings. The number of amides is 1. The summed E-state index contributed by atoms with van der Waals surface area (Å²) < 4.78 is 1.80. The number of aldehydes is 1. The maximum absolute atomic E-state index is 10.8. The molecule has 0 fully saturated rings. The highest BCUT2D eigenvalue weighted by molar-refractivity contribution is 5.75. The fourth-order valence-corrected chi connectivity index (χ4v) is 1.98. The Balaban J connectivity index is 2.08. The van der Waals surface area contributed by atoms with Crippen LogP contribution >= 0.6 is 0 Å². The lowest BCUT2D eigenvalue weighted by atomic mass is 10.1. The molecule has 2 heterocycles. The van der Waals surface area contributed by atoms with Gasteiger partial charge in [-0.3, -0.25) is 14.0 Å². The number of nitrogens with zero attached hydrogens (tertiary/aromatic N) is 3. The van der Waals surface area contributed by atoms with E-state index in [2.05, 4.69) is 15.3 Å². The summed E-state index contributed by atoms with van der Waals surface area (Å²) in [5, 5.41) is 2.58. The van der Waals surface area contributed by atoms with Gasteiger partial charge in [0.25, 0.3) is 0 Å². The lowest BCUT2D eigenvalue weighted by Crippen LogP contribution is -1.95. The second-order valence-electron chi connectivity index (χ2n) is 4.14. The SMILES string of the molecule is O=CNc1ccc(-c2cnc3cnc(C=O)cn23)cc1. The Labute approximate surface area is 114 Å². The van der Waals surface area contributed by atoms with E-state index in [1.165, 1.54) is 0 Å². The van der Waals surface area contributed by atoms with Gasteiger partial charge in [-0.1, -0.05) is 12.1 Å². The third-order valence-electron chi connectivity index (χ3n) is 2.94. The minimum absolute atomic E-state index is 0.344. The van der Waals surface area contributed by atoms with E-state index in [0.29, 0.717) is 29.7 Å². The van der Waals surface area contributed by atoms with Gasteiger partial charge in [-0.2, -0.15) is 0 Å². The number of nitrogens with one attached hydrogen (secondary N) is 1. The van der Waals surface area contributed by atoms with E-state index in [-0.39, 0.29) is 0 Å². The zero-order chi connectivity index (χ0) is 13.9. The molecule has 0 spiro atoms. The first-order chi connectivity index (χ1) is 9.81. The molecule has 0 bridgehead atoms. The first kappa shape index (κ1) is 12.0. The van der Waals surface area contributed by atoms with Crippen LogP contribution in [-0.4, -0.2) is 27.1 Å². The van der Waals surface area contributed by atoms with Crippen molar-refractivity contribution in [3.05, 3.63) is 48.5 Å². The van der Waals surface area contributed by atoms with Gasteiger partial charge in [-0.15, -0.1) is 0 Å². The Morgan fingerprint density at radius 3 is 2.55 bits per heavy atom. The smallest absolute Gasteiger partial charge is 0.211 e. The van der Waals surface area contributed by atoms with Crippen LogP contribution in [0.15, 0.2) is 42.9 Å². The number of fused-ring (bicyclic) bond motifs is 1. The van der Waals surface area contributed by atoms with Crippen molar-refractivity contribution in [1.29, 1.82) is 0 Å². The van der Waals surface area contributed by atoms with Crippen LogP contribution in [0.1, 0.15) is 10.5 Å². The molecule has 0 atom stereocenters. The molecule has 1 amide bonds. The number of rotatable bonds is 4. The molecular weight excluding hydrogens is 256 g/mol. The molecule has 1 N–H and O–H groups in total. The Kier molecular flexibility index (Phi) is 2.96. The molecule has 20 heavy (non-hydrogen) atoms. The minimum Gasteiger partial charge on any atom is -0.329 e. The van der Waals surface area contributed by atoms with Crippen LogP contribution in [0.5, 0.6) is 0 Å². The van der Waals surface area contributed by atoms with E-state index in [0.717, 1.165) is 11.3 Å². The molecule has 0 unspecified atom stereocenters. The van der Waals surface area contributed by atoms with Crippen LogP contribution < -0.4 is 5.32 Å². The van der Waals surface area contributed by atoms with Gasteiger partial charge in [0.05, 0.1) is 18.1 Å². The average molecular weight is 266 g/mol. The quantitative estimate of drug-likeness (QED) is 0.730. The molecule has 98 valence electrons. The third-order valence-corrected chi connectivity index (χ3v) is 2.94. The highest BCUT2D eigenvalue weighted by atomic mass is 16.1. The molecule has 3 rings (SSSR count). The van der Waals surface area contributed by atoms with Crippen LogP contribution in [-0.2, 0) is 4.79 Å². The maximum Gasteiger partial charge on any atom is 0.211 e. The van der Waals surface area contributed by atoms with Crippen molar-refractivity contribution in [2.75, 3.05) is 5.32 Å². The Morgan fingerprint density at radius 1 is 1.05 bits per heavy atom. The number of carbonyl (C=O) groups is 2. The number of imidazole rings is 1. The van der Waals surface area contributed by atoms with E-state index < -0.39 is 0 Å². The van der Waals surface area contributed by atoms with Crippen molar-refractivity contribution in [2.45, 2.75) is 0 Å². The van der Waals surface area contributed by atoms with Crippen molar-refractivity contribution < 1.29 is 9.59 Å². The summed E-state index contributed by atoms with van der Waals surface area (Å²) in [5.74, 6) is 0. The predicted octanol–water partition coefficient (Wildman–Crippen LogP) is 1.78. The Morgan fingerprint density at radius 2 is 1.85 bits per heavy atom. The lowest BCUT2D eigenvalue weighted by molar-refractivity contribution is -0.105. The summed E-state index contributed by atoms with van der Waals surface area (Å²) in [6.07, 6.45) is 6.23. The number of carbonyl (C=O) groups excluding carboxylic acids is 2. The number of benzene rings is 1. The molecule has 6 nitrogen and oxygen atoms in total. The zero-order valence-corrected chi connectivity index (χ0v) is 10.4. The molecule has 0 saturated carbocycles. The van der Waals surface area contributed by atoms with Gasteiger partial charge in [-0.05, 0) is 12.1 Å². The van der Waals surface area contributed by atoms with Crippen LogP contribution in [0.4, 0.5) is 5.69 Å². The second kappa shape index (κ2) is 4.93. The van der Waals surface area contributed by atoms with Crippen molar-refractivity contribution in [3.8, 4) is 11.3 Å². The van der Waals surface area contributed by atoms with Gasteiger partial charge in [0.2, 0.25) is 6.41 Å². The van der Waals surface area contributed by atoms with E-state index in [1.54, 1.807) is 35.1 Å². The van der Waals surface area contributed by atoms with Gasteiger partial charge >= 0.3 is 0 Å². The van der Waals surface area contributed by atoms with E-state index in [9.17, 15) is 9.59 Å². The fourth-order valence-electron chi connectivity index (χ4n) is 1.98. The van der Waals surface area contributed by atoms with Crippen LogP contribution in [0.2, 0.25) is 0 Å². The molecule has 2 aromatic heterocycles. The summed E-state index contributed by atoms with van der Waals surface area (Å²) >= 11 is 0. The van der Waals surface area contributed by atoms with E-state index in [4.69, 9.17) is 0 Å². The maximum atomic E-state index is 10.8. The normalized spacial score (nSPS) is 10.4. The summed E-state index contributed by atoms with van der Waals surface area (Å²) in [6, 6.07) is 7.34. The first-order valence-corrected chi connectivity index (χ1v) is 5.91. The zero-order valence-electron chi connectivity index (χ0n) is 10.4. The molecule has 0 aliphatic carbocycles. The molecule has 1 aromatic carbocycles. The Bertz CT molecular complexity index is 777. The third kappa shape index (κ3) is 2.03. The monoisotopic (exact) mass is 266 g/mol. The van der Waals surface area contributed by atoms with Crippen molar-refractivity contribution in [3.63, 3.8) is 0 Å². The van der Waals surface area contributed by atoms with Gasteiger partial charge in [0, 0.05) is 17.4 Å². The van der Waals surface area contributed by atoms with E-state index >= 15 is 0 Å². The molecule has 0 aliphatic heterocycles. The largest absolute Gasteiger partial charge is 0.329 e. The first-order valence-electron chi connectivity index (χ1n) is 5.91. The predicted molar refractivity (Wildman–Crippen MR) is 73.5 cm³/mol. The number of hydrogen-bond donors (Lipinski definition) is 1. The van der Waals surface area contributed by atoms with Gasteiger partial charge in [-0.25, -0.2) is 9.97 Å². The second-order valence-corrected chi connectivity index (χ2v) is 4.14. The highest BCUT2D eigenvalue weighted by Crippen LogP contribution is 2.22. The van der Waals surface area contributed by atoms with Crippen molar-refractivity contribution >= 4 is 24.0 Å². The number of aromatic nitrogens is 3. The number of anilines is 1. The standard InChI is InChI=1S/C14H10N4O2/c19-8-12-7-18-13(5-16-14(18)6-15-12)10-1-3-11(4-2-10)17-9-20/h1-9H,(H,17,20). The number of hydrogen-bond acceptors (Lipinski definition) is 4. The van der Waals surface area contributed by atoms with Crippen molar-refractivity contribution in [1.82, 2.24) is 14.4 Å². The molecule has 0 saturated heterocycles. The summed E-state index contributed by atoms with van der Waals surface area (Å²) in [7, 11) is 0. The van der Waals surface area contributed by atoms with E-state index in [1.807, 2.05) is 12.1 Å². The average Bonchev–Trinajstić information content (AvgIpc) is 2.91. The summed E-state index contributed by atoms with van der Waals surface area (Å²) in [5.41, 5.74) is 3.50. The fraction of sp³-hybridized carbons (Fsp3) is 0. The van der Waals surface area contributed by atoms with Gasteiger partial charge in [0.1, 0.15) is 5.69 Å². The molecule has 3 aromatic rings. The summed E-state index contributed by atoms with van der Waals surface area (Å²) in [4.78, 5) is 29.4. The van der Waals surface area contributed by atoms with Gasteiger partial charge < -0.3 is 5.32 Å². The molecule has 0 radical (unpaired) electrons. The van der Waals surface area contributed by atoms with Gasteiger partial charge in [0.15, 0.2) is 11.9 Å². The van der Waals surface area contributed by atoms with Crippen molar-refractivity contribution in [2.24, 2.45) is 0 Å². The highest BCUT2D eigenvalue weighted by Gasteiger charge is 2.07. The topological polar surface area (TPSA) is 76.4 Å². The lowest BCUT2D eigenvalue weighted by Gasteiger charge is -2.04. The van der Waals surface area contributed by atoms with Crippen LogP contribution in [0, 0.1) is 0 Å². The van der Waals surface area contributed by atoms with Crippen LogP contribution in [0.25, 0.3) is 16.9 Å². The summed E-state index contributed by atoms with van der Waals surface area (Å²) in [6.45, 7) is 0.